The molecule has 9 heteroatoms. The third kappa shape index (κ3) is 5.40. The zero-order valence-corrected chi connectivity index (χ0v) is 18.6. The second-order valence-corrected chi connectivity index (χ2v) is 8.87. The molecule has 2 aromatic rings. The molecule has 2 aliphatic heterocycles. The molecule has 168 valence electrons. The Hall–Kier alpha value is -3.07. The van der Waals surface area contributed by atoms with Gasteiger partial charge in [-0.1, -0.05) is 24.3 Å². The van der Waals surface area contributed by atoms with Crippen LogP contribution in [-0.4, -0.2) is 67.0 Å². The Morgan fingerprint density at radius 2 is 2.00 bits per heavy atom. The van der Waals surface area contributed by atoms with Crippen LogP contribution in [0.15, 0.2) is 47.6 Å². The predicted octanol–water partition coefficient (Wildman–Crippen LogP) is 3.34. The van der Waals surface area contributed by atoms with Crippen LogP contribution in [0, 0.1) is 5.82 Å². The van der Waals surface area contributed by atoms with Gasteiger partial charge in [0.25, 0.3) is 0 Å². The van der Waals surface area contributed by atoms with Gasteiger partial charge in [-0.05, 0) is 29.3 Å². The average molecular weight is 457 g/mol. The summed E-state index contributed by atoms with van der Waals surface area (Å²) < 4.78 is 20.1. The number of carbonyl (C=O) groups excluding carboxylic acids is 2. The first-order valence-electron chi connectivity index (χ1n) is 10.5. The lowest BCUT2D eigenvalue weighted by molar-refractivity contribution is -0.119. The molecule has 1 N–H and O–H groups in total. The van der Waals surface area contributed by atoms with E-state index in [1.807, 2.05) is 42.2 Å². The second kappa shape index (κ2) is 10.0. The highest BCUT2D eigenvalue weighted by molar-refractivity contribution is 7.99. The number of anilines is 1. The number of carbonyl (C=O) groups is 2. The standard InChI is InChI=1S/C23H25FN4O3S/c1-16(29)25-14-20-15-28(23(30)31-20)19-6-7-21(22(24)12-19)18-4-2-17(3-5-18)13-26-27-8-10-32-11-9-27/h2-7,12-13,20H,8-11,14-15H2,1H3,(H,25,29)/b26-13+/t20-/m0/s1. The molecule has 0 aliphatic carbocycles. The third-order valence-electron chi connectivity index (χ3n) is 5.30. The SMILES string of the molecule is CC(=O)NC[C@H]1CN(c2ccc(-c3ccc(/C=N/N4CCSCC4)cc3)c(F)c2)C(=O)O1. The van der Waals surface area contributed by atoms with Crippen LogP contribution >= 0.6 is 11.8 Å². The van der Waals surface area contributed by atoms with Crippen molar-refractivity contribution in [3.05, 3.63) is 53.8 Å². The van der Waals surface area contributed by atoms with E-state index in [1.165, 1.54) is 17.9 Å². The maximum atomic E-state index is 14.9. The minimum atomic E-state index is -0.552. The van der Waals surface area contributed by atoms with E-state index in [0.29, 0.717) is 11.3 Å². The summed E-state index contributed by atoms with van der Waals surface area (Å²) in [6.07, 6.45) is 0.811. The monoisotopic (exact) mass is 456 g/mol. The number of benzene rings is 2. The van der Waals surface area contributed by atoms with Crippen molar-refractivity contribution < 1.29 is 18.7 Å². The summed E-state index contributed by atoms with van der Waals surface area (Å²) in [6, 6.07) is 12.2. The number of cyclic esters (lactones) is 1. The molecule has 2 aromatic carbocycles. The molecule has 2 saturated heterocycles. The van der Waals surface area contributed by atoms with E-state index >= 15 is 0 Å². The molecule has 0 saturated carbocycles. The Balaban J connectivity index is 1.42. The lowest BCUT2D eigenvalue weighted by Gasteiger charge is -2.22. The van der Waals surface area contributed by atoms with Crippen molar-refractivity contribution >= 4 is 35.7 Å². The number of amides is 2. The summed E-state index contributed by atoms with van der Waals surface area (Å²) in [5, 5.41) is 9.20. The maximum absolute atomic E-state index is 14.9. The van der Waals surface area contributed by atoms with E-state index in [-0.39, 0.29) is 19.0 Å². The lowest BCUT2D eigenvalue weighted by Crippen LogP contribution is -2.33. The summed E-state index contributed by atoms with van der Waals surface area (Å²) in [5.74, 6) is 1.57. The Bertz CT molecular complexity index is 1010. The quantitative estimate of drug-likeness (QED) is 0.675. The van der Waals surface area contributed by atoms with E-state index in [2.05, 4.69) is 15.4 Å². The van der Waals surface area contributed by atoms with E-state index < -0.39 is 18.0 Å². The molecular weight excluding hydrogens is 431 g/mol. The number of hydrogen-bond donors (Lipinski definition) is 1. The third-order valence-corrected chi connectivity index (χ3v) is 6.24. The molecule has 2 heterocycles. The summed E-state index contributed by atoms with van der Waals surface area (Å²) in [7, 11) is 0. The van der Waals surface area contributed by atoms with Crippen LogP contribution in [0.3, 0.4) is 0 Å². The van der Waals surface area contributed by atoms with Crippen molar-refractivity contribution in [1.29, 1.82) is 0 Å². The molecule has 1 atom stereocenters. The van der Waals surface area contributed by atoms with E-state index in [1.54, 1.807) is 12.1 Å². The molecule has 0 radical (unpaired) electrons. The lowest BCUT2D eigenvalue weighted by atomic mass is 10.0. The Morgan fingerprint density at radius 3 is 2.69 bits per heavy atom. The molecule has 32 heavy (non-hydrogen) atoms. The zero-order chi connectivity index (χ0) is 22.5. The van der Waals surface area contributed by atoms with Crippen LogP contribution < -0.4 is 10.2 Å². The van der Waals surface area contributed by atoms with Gasteiger partial charge in [0.05, 0.1) is 25.0 Å². The van der Waals surface area contributed by atoms with Crippen molar-refractivity contribution in [2.45, 2.75) is 13.0 Å². The first-order chi connectivity index (χ1) is 15.5. The molecule has 2 amide bonds. The molecule has 0 aromatic heterocycles. The molecule has 2 fully saturated rings. The Kier molecular flexibility index (Phi) is 6.94. The molecule has 4 rings (SSSR count). The number of ether oxygens (including phenoxy) is 1. The van der Waals surface area contributed by atoms with Gasteiger partial charge in [0.15, 0.2) is 0 Å². The van der Waals surface area contributed by atoms with Crippen molar-refractivity contribution in [3.8, 4) is 11.1 Å². The van der Waals surface area contributed by atoms with Gasteiger partial charge < -0.3 is 10.1 Å². The van der Waals surface area contributed by atoms with Crippen LogP contribution in [0.4, 0.5) is 14.9 Å². The van der Waals surface area contributed by atoms with Crippen LogP contribution in [0.25, 0.3) is 11.1 Å². The number of thioether (sulfide) groups is 1. The molecule has 0 bridgehead atoms. The number of rotatable bonds is 6. The van der Waals surface area contributed by atoms with Gasteiger partial charge in [0.1, 0.15) is 11.9 Å². The Labute approximate surface area is 190 Å². The number of nitrogens with one attached hydrogen (secondary N) is 1. The summed E-state index contributed by atoms with van der Waals surface area (Å²) in [5.41, 5.74) is 2.57. The highest BCUT2D eigenvalue weighted by atomic mass is 32.2. The second-order valence-electron chi connectivity index (χ2n) is 7.65. The van der Waals surface area contributed by atoms with Crippen LogP contribution in [0.1, 0.15) is 12.5 Å². The number of halogens is 1. The molecular formula is C23H25FN4O3S. The smallest absolute Gasteiger partial charge is 0.414 e. The van der Waals surface area contributed by atoms with Crippen LogP contribution in [0.2, 0.25) is 0 Å². The largest absolute Gasteiger partial charge is 0.442 e. The topological polar surface area (TPSA) is 74.2 Å². The fraction of sp³-hybridized carbons (Fsp3) is 0.348. The van der Waals surface area contributed by atoms with Crippen molar-refractivity contribution in [1.82, 2.24) is 10.3 Å². The minimum absolute atomic E-state index is 0.196. The first kappa shape index (κ1) is 22.1. The zero-order valence-electron chi connectivity index (χ0n) is 17.8. The van der Waals surface area contributed by atoms with Crippen molar-refractivity contribution in [3.63, 3.8) is 0 Å². The van der Waals surface area contributed by atoms with Crippen molar-refractivity contribution in [2.24, 2.45) is 5.10 Å². The maximum Gasteiger partial charge on any atom is 0.414 e. The molecule has 0 spiro atoms. The average Bonchev–Trinajstić information content (AvgIpc) is 3.18. The summed E-state index contributed by atoms with van der Waals surface area (Å²) >= 11 is 1.94. The van der Waals surface area contributed by atoms with Gasteiger partial charge in [0, 0.05) is 37.1 Å². The summed E-state index contributed by atoms with van der Waals surface area (Å²) in [4.78, 5) is 24.6. The van der Waals surface area contributed by atoms with E-state index in [9.17, 15) is 14.0 Å². The van der Waals surface area contributed by atoms with Crippen LogP contribution in [-0.2, 0) is 9.53 Å². The highest BCUT2D eigenvalue weighted by Gasteiger charge is 2.32. The van der Waals surface area contributed by atoms with Gasteiger partial charge in [-0.2, -0.15) is 16.9 Å². The minimum Gasteiger partial charge on any atom is -0.442 e. The normalized spacial score (nSPS) is 18.8. The van der Waals surface area contributed by atoms with E-state index in [4.69, 9.17) is 4.74 Å². The summed E-state index contributed by atoms with van der Waals surface area (Å²) in [6.45, 7) is 3.78. The number of hydrogen-bond acceptors (Lipinski definition) is 6. The van der Waals surface area contributed by atoms with Crippen LogP contribution in [0.5, 0.6) is 0 Å². The molecule has 7 nitrogen and oxygen atoms in total. The van der Waals surface area contributed by atoms with Gasteiger partial charge in [0.2, 0.25) is 5.91 Å². The van der Waals surface area contributed by atoms with Gasteiger partial charge in [-0.15, -0.1) is 0 Å². The fourth-order valence-electron chi connectivity index (χ4n) is 3.57. The molecule has 0 unspecified atom stereocenters. The number of hydrazone groups is 1. The van der Waals surface area contributed by atoms with E-state index in [0.717, 1.165) is 35.7 Å². The van der Waals surface area contributed by atoms with Gasteiger partial charge >= 0.3 is 6.09 Å². The van der Waals surface area contributed by atoms with Gasteiger partial charge in [-0.3, -0.25) is 14.7 Å². The Morgan fingerprint density at radius 1 is 1.25 bits per heavy atom. The number of nitrogens with zero attached hydrogens (tertiary/aromatic N) is 3. The van der Waals surface area contributed by atoms with Crippen molar-refractivity contribution in [2.75, 3.05) is 42.6 Å². The predicted molar refractivity (Wildman–Crippen MR) is 125 cm³/mol. The molecule has 2 aliphatic rings. The fourth-order valence-corrected chi connectivity index (χ4v) is 4.45. The first-order valence-corrected chi connectivity index (χ1v) is 11.6. The van der Waals surface area contributed by atoms with Gasteiger partial charge in [-0.25, -0.2) is 9.18 Å². The highest BCUT2D eigenvalue weighted by Crippen LogP contribution is 2.29.